The predicted molar refractivity (Wildman–Crippen MR) is 49.4 cm³/mol. The van der Waals surface area contributed by atoms with Crippen molar-refractivity contribution < 1.29 is 19.0 Å². The molecule has 0 bridgehead atoms. The molecule has 0 saturated carbocycles. The zero-order valence-electron chi connectivity index (χ0n) is 7.04. The van der Waals surface area contributed by atoms with Crippen LogP contribution in [0.4, 0.5) is 8.78 Å². The number of aliphatic hydroxyl groups is 1. The minimum Gasteiger partial charge on any atom is -0.505 e. The Labute approximate surface area is 87.5 Å². The van der Waals surface area contributed by atoms with E-state index in [-0.39, 0.29) is 17.5 Å². The Bertz CT molecular complexity index is 333. The van der Waals surface area contributed by atoms with Gasteiger partial charge >= 0.3 is 0 Å². The van der Waals surface area contributed by atoms with Crippen molar-refractivity contribution in [1.29, 1.82) is 0 Å². The van der Waals surface area contributed by atoms with Gasteiger partial charge in [0.1, 0.15) is 11.4 Å². The molecule has 0 spiro atoms. The monoisotopic (exact) mass is 267 g/mol. The van der Waals surface area contributed by atoms with Gasteiger partial charge in [0.15, 0.2) is 0 Å². The van der Waals surface area contributed by atoms with Crippen LogP contribution in [0.3, 0.4) is 0 Å². The fourth-order valence-electron chi connectivity index (χ4n) is 1.04. The van der Waals surface area contributed by atoms with Gasteiger partial charge in [-0.1, -0.05) is 15.9 Å². The molecule has 3 nitrogen and oxygen atoms in total. The Balaban J connectivity index is 3.27. The van der Waals surface area contributed by atoms with E-state index in [9.17, 15) is 13.9 Å². The number of alkyl halides is 3. The van der Waals surface area contributed by atoms with Crippen molar-refractivity contribution in [3.05, 3.63) is 23.0 Å². The molecule has 0 fully saturated rings. The molecule has 1 heterocycles. The highest BCUT2D eigenvalue weighted by molar-refractivity contribution is 9.08. The Hall–Kier alpha value is -0.750. The summed E-state index contributed by atoms with van der Waals surface area (Å²) in [5, 5.41) is 18.4. The Morgan fingerprint density at radius 2 is 2.14 bits per heavy atom. The molecule has 1 rings (SSSR count). The van der Waals surface area contributed by atoms with Gasteiger partial charge in [-0.2, -0.15) is 0 Å². The number of aromatic hydroxyl groups is 1. The molecular weight excluding hydrogens is 260 g/mol. The van der Waals surface area contributed by atoms with Crippen molar-refractivity contribution in [3.63, 3.8) is 0 Å². The summed E-state index contributed by atoms with van der Waals surface area (Å²) in [4.78, 5) is 3.38. The highest BCUT2D eigenvalue weighted by Crippen LogP contribution is 2.32. The van der Waals surface area contributed by atoms with Crippen LogP contribution in [0.5, 0.6) is 5.75 Å². The zero-order valence-corrected chi connectivity index (χ0v) is 8.63. The summed E-state index contributed by atoms with van der Waals surface area (Å²) in [7, 11) is 0. The molecule has 6 heteroatoms. The fourth-order valence-corrected chi connectivity index (χ4v) is 1.66. The number of halogens is 3. The van der Waals surface area contributed by atoms with E-state index in [2.05, 4.69) is 20.9 Å². The topological polar surface area (TPSA) is 53.4 Å². The van der Waals surface area contributed by atoms with Crippen LogP contribution in [0.2, 0.25) is 0 Å². The molecule has 0 amide bonds. The maximum atomic E-state index is 12.3. The maximum absolute atomic E-state index is 12.3. The predicted octanol–water partition coefficient (Wildman–Crippen LogP) is 2.11. The smallest absolute Gasteiger partial charge is 0.284 e. The molecule has 0 aromatic carbocycles. The van der Waals surface area contributed by atoms with E-state index in [0.29, 0.717) is 5.56 Å². The van der Waals surface area contributed by atoms with Crippen molar-refractivity contribution >= 4 is 15.9 Å². The van der Waals surface area contributed by atoms with Crippen LogP contribution in [-0.4, -0.2) is 15.2 Å². The van der Waals surface area contributed by atoms with E-state index in [1.165, 1.54) is 0 Å². The first-order valence-corrected chi connectivity index (χ1v) is 4.88. The van der Waals surface area contributed by atoms with Crippen LogP contribution in [0.1, 0.15) is 23.2 Å². The van der Waals surface area contributed by atoms with Crippen LogP contribution in [0.25, 0.3) is 0 Å². The second-order valence-corrected chi connectivity index (χ2v) is 3.15. The second kappa shape index (κ2) is 4.65. The molecule has 14 heavy (non-hydrogen) atoms. The molecular formula is C8H8BrF2NO2. The van der Waals surface area contributed by atoms with Gasteiger partial charge in [-0.25, -0.2) is 8.78 Å². The third-order valence-corrected chi connectivity index (χ3v) is 2.35. The summed E-state index contributed by atoms with van der Waals surface area (Å²) in [6, 6.07) is 0. The lowest BCUT2D eigenvalue weighted by molar-refractivity contribution is 0.141. The van der Waals surface area contributed by atoms with Crippen molar-refractivity contribution in [2.45, 2.75) is 18.4 Å². The van der Waals surface area contributed by atoms with E-state index in [1.807, 2.05) is 0 Å². The van der Waals surface area contributed by atoms with Gasteiger partial charge in [-0.15, -0.1) is 0 Å². The zero-order chi connectivity index (χ0) is 10.7. The van der Waals surface area contributed by atoms with Gasteiger partial charge in [0.2, 0.25) is 0 Å². The molecule has 0 aliphatic rings. The van der Waals surface area contributed by atoms with E-state index in [0.717, 1.165) is 6.20 Å². The average Bonchev–Trinajstić information content (AvgIpc) is 2.16. The summed E-state index contributed by atoms with van der Waals surface area (Å²) in [5.74, 6) is -0.552. The minimum atomic E-state index is -2.82. The number of nitrogens with zero attached hydrogens (tertiary/aromatic N) is 1. The van der Waals surface area contributed by atoms with Crippen LogP contribution in [0.15, 0.2) is 6.20 Å². The fraction of sp³-hybridized carbons (Fsp3) is 0.375. The van der Waals surface area contributed by atoms with E-state index in [1.54, 1.807) is 0 Å². The van der Waals surface area contributed by atoms with Gasteiger partial charge in [-0.05, 0) is 0 Å². The van der Waals surface area contributed by atoms with Crippen molar-refractivity contribution in [1.82, 2.24) is 4.98 Å². The number of hydrogen-bond donors (Lipinski definition) is 2. The second-order valence-electron chi connectivity index (χ2n) is 2.59. The molecule has 0 aliphatic carbocycles. The van der Waals surface area contributed by atoms with Crippen molar-refractivity contribution in [2.75, 3.05) is 0 Å². The third kappa shape index (κ3) is 2.01. The lowest BCUT2D eigenvalue weighted by Crippen LogP contribution is -1.99. The lowest BCUT2D eigenvalue weighted by atomic mass is 10.1. The van der Waals surface area contributed by atoms with Gasteiger partial charge in [0, 0.05) is 22.7 Å². The van der Waals surface area contributed by atoms with E-state index < -0.39 is 17.9 Å². The van der Waals surface area contributed by atoms with Gasteiger partial charge in [0.05, 0.1) is 6.61 Å². The molecule has 2 N–H and O–H groups in total. The first-order valence-electron chi connectivity index (χ1n) is 3.76. The quantitative estimate of drug-likeness (QED) is 0.825. The minimum absolute atomic E-state index is 0.191. The SMILES string of the molecule is OCc1cnc(C(F)F)c(O)c1CBr. The number of rotatable bonds is 3. The van der Waals surface area contributed by atoms with Crippen molar-refractivity contribution in [2.24, 2.45) is 0 Å². The standard InChI is InChI=1S/C8H8BrF2NO2/c9-1-5-4(3-13)2-12-6(7(5)14)8(10)11/h2,8,13-14H,1,3H2. The number of aromatic nitrogens is 1. The summed E-state index contributed by atoms with van der Waals surface area (Å²) >= 11 is 3.04. The van der Waals surface area contributed by atoms with Gasteiger partial charge < -0.3 is 10.2 Å². The highest BCUT2D eigenvalue weighted by Gasteiger charge is 2.19. The highest BCUT2D eigenvalue weighted by atomic mass is 79.9. The molecule has 0 atom stereocenters. The van der Waals surface area contributed by atoms with Crippen LogP contribution in [0, 0.1) is 0 Å². The lowest BCUT2D eigenvalue weighted by Gasteiger charge is -2.09. The molecule has 1 aromatic rings. The summed E-state index contributed by atoms with van der Waals surface area (Å²) in [6.07, 6.45) is -1.68. The molecule has 0 radical (unpaired) electrons. The molecule has 0 saturated heterocycles. The van der Waals surface area contributed by atoms with Crippen LogP contribution in [-0.2, 0) is 11.9 Å². The summed E-state index contributed by atoms with van der Waals surface area (Å²) < 4.78 is 24.6. The molecule has 0 unspecified atom stereocenters. The Morgan fingerprint density at radius 3 is 2.57 bits per heavy atom. The molecule has 1 aromatic heterocycles. The molecule has 78 valence electrons. The molecule has 0 aliphatic heterocycles. The number of aliphatic hydroxyl groups excluding tert-OH is 1. The first-order chi connectivity index (χ1) is 6.61. The van der Waals surface area contributed by atoms with Crippen molar-refractivity contribution in [3.8, 4) is 5.75 Å². The van der Waals surface area contributed by atoms with Crippen LogP contribution >= 0.6 is 15.9 Å². The van der Waals surface area contributed by atoms with Crippen LogP contribution < -0.4 is 0 Å². The third-order valence-electron chi connectivity index (χ3n) is 1.79. The van der Waals surface area contributed by atoms with E-state index >= 15 is 0 Å². The average molecular weight is 268 g/mol. The Morgan fingerprint density at radius 1 is 1.50 bits per heavy atom. The number of hydrogen-bond acceptors (Lipinski definition) is 3. The maximum Gasteiger partial charge on any atom is 0.284 e. The van der Waals surface area contributed by atoms with Gasteiger partial charge in [-0.3, -0.25) is 4.98 Å². The van der Waals surface area contributed by atoms with Gasteiger partial charge in [0.25, 0.3) is 6.43 Å². The van der Waals surface area contributed by atoms with E-state index in [4.69, 9.17) is 5.11 Å². The largest absolute Gasteiger partial charge is 0.505 e. The normalized spacial score (nSPS) is 10.9. The summed E-state index contributed by atoms with van der Waals surface area (Å²) in [5.41, 5.74) is -0.0711. The Kier molecular flexibility index (Phi) is 3.77. The first kappa shape index (κ1) is 11.3. The number of pyridine rings is 1. The summed E-state index contributed by atoms with van der Waals surface area (Å²) in [6.45, 7) is -0.342.